The fourth-order valence-corrected chi connectivity index (χ4v) is 2.59. The van der Waals surface area contributed by atoms with Crippen LogP contribution >= 0.6 is 0 Å². The summed E-state index contributed by atoms with van der Waals surface area (Å²) in [6, 6.07) is 0. The third kappa shape index (κ3) is 12.1. The summed E-state index contributed by atoms with van der Waals surface area (Å²) in [5.74, 6) is 0.672. The van der Waals surface area contributed by atoms with Crippen molar-refractivity contribution in [3.8, 4) is 0 Å². The maximum absolute atomic E-state index is 10.7. The van der Waals surface area contributed by atoms with Gasteiger partial charge in [-0.15, -0.1) is 0 Å². The summed E-state index contributed by atoms with van der Waals surface area (Å²) in [6.45, 7) is 4.51. The molecule has 0 bridgehead atoms. The van der Waals surface area contributed by atoms with Crippen molar-refractivity contribution in [1.29, 1.82) is 0 Å². The van der Waals surface area contributed by atoms with Crippen molar-refractivity contribution >= 4 is 6.29 Å². The quantitative estimate of drug-likeness (QED) is 0.278. The molecular formula is C17H34O. The first-order chi connectivity index (χ1) is 8.85. The van der Waals surface area contributed by atoms with Crippen molar-refractivity contribution < 1.29 is 4.79 Å². The van der Waals surface area contributed by atoms with Crippen molar-refractivity contribution in [3.63, 3.8) is 0 Å². The summed E-state index contributed by atoms with van der Waals surface area (Å²) >= 11 is 0. The maximum atomic E-state index is 10.7. The van der Waals surface area contributed by atoms with E-state index in [2.05, 4.69) is 13.8 Å². The normalized spacial score (nSPS) is 12.6. The second-order valence-electron chi connectivity index (χ2n) is 5.67. The first-order valence-corrected chi connectivity index (χ1v) is 8.28. The van der Waals surface area contributed by atoms with Crippen LogP contribution in [0.4, 0.5) is 0 Å². The molecule has 0 aliphatic carbocycles. The van der Waals surface area contributed by atoms with Gasteiger partial charge in [0.1, 0.15) is 6.29 Å². The topological polar surface area (TPSA) is 17.1 Å². The van der Waals surface area contributed by atoms with E-state index in [1.165, 1.54) is 77.0 Å². The number of carbonyl (C=O) groups excluding carboxylic acids is 1. The Labute approximate surface area is 115 Å². The smallest absolute Gasteiger partial charge is 0.120 e. The minimum atomic E-state index is 0.672. The molecule has 0 N–H and O–H groups in total. The van der Waals surface area contributed by atoms with Crippen LogP contribution in [0.1, 0.15) is 97.3 Å². The molecule has 0 aliphatic heterocycles. The lowest BCUT2D eigenvalue weighted by atomic mass is 9.92. The van der Waals surface area contributed by atoms with Gasteiger partial charge in [-0.3, -0.25) is 0 Å². The van der Waals surface area contributed by atoms with Crippen LogP contribution in [0.3, 0.4) is 0 Å². The summed E-state index contributed by atoms with van der Waals surface area (Å²) in [4.78, 5) is 10.7. The van der Waals surface area contributed by atoms with Gasteiger partial charge in [0.15, 0.2) is 0 Å². The molecule has 0 radical (unpaired) electrons. The van der Waals surface area contributed by atoms with Gasteiger partial charge >= 0.3 is 0 Å². The fourth-order valence-electron chi connectivity index (χ4n) is 2.59. The van der Waals surface area contributed by atoms with Crippen molar-refractivity contribution in [2.75, 3.05) is 0 Å². The lowest BCUT2D eigenvalue weighted by Crippen LogP contribution is -2.01. The van der Waals surface area contributed by atoms with Gasteiger partial charge in [-0.2, -0.15) is 0 Å². The Hall–Kier alpha value is -0.330. The van der Waals surface area contributed by atoms with E-state index in [4.69, 9.17) is 0 Å². The highest BCUT2D eigenvalue weighted by molar-refractivity contribution is 5.49. The van der Waals surface area contributed by atoms with E-state index in [0.29, 0.717) is 5.92 Å². The van der Waals surface area contributed by atoms with Crippen LogP contribution in [0.15, 0.2) is 0 Å². The maximum Gasteiger partial charge on any atom is 0.120 e. The van der Waals surface area contributed by atoms with Crippen LogP contribution in [0.2, 0.25) is 0 Å². The van der Waals surface area contributed by atoms with Crippen LogP contribution < -0.4 is 0 Å². The van der Waals surface area contributed by atoms with Crippen LogP contribution in [0, 0.1) is 5.92 Å². The van der Waals surface area contributed by atoms with Crippen LogP contribution in [0.25, 0.3) is 0 Å². The number of unbranched alkanes of at least 4 members (excludes halogenated alkanes) is 8. The molecule has 0 fully saturated rings. The third-order valence-electron chi connectivity index (χ3n) is 3.86. The van der Waals surface area contributed by atoms with Gasteiger partial charge in [0, 0.05) is 6.42 Å². The van der Waals surface area contributed by atoms with Crippen molar-refractivity contribution in [3.05, 3.63) is 0 Å². The van der Waals surface area contributed by atoms with Crippen LogP contribution in [-0.2, 0) is 4.79 Å². The Balaban J connectivity index is 3.47. The number of hydrogen-bond donors (Lipinski definition) is 0. The molecule has 0 saturated carbocycles. The van der Waals surface area contributed by atoms with Crippen LogP contribution in [-0.4, -0.2) is 6.29 Å². The molecule has 0 rings (SSSR count). The second-order valence-corrected chi connectivity index (χ2v) is 5.67. The van der Waals surface area contributed by atoms with E-state index >= 15 is 0 Å². The number of rotatable bonds is 14. The van der Waals surface area contributed by atoms with E-state index in [-0.39, 0.29) is 0 Å². The third-order valence-corrected chi connectivity index (χ3v) is 3.86. The SMILES string of the molecule is CCCCCCCCC(CC=O)CCCCCC. The van der Waals surface area contributed by atoms with Crippen molar-refractivity contribution in [2.45, 2.75) is 97.3 Å². The summed E-state index contributed by atoms with van der Waals surface area (Å²) < 4.78 is 0. The monoisotopic (exact) mass is 254 g/mol. The van der Waals surface area contributed by atoms with Crippen molar-refractivity contribution in [1.82, 2.24) is 0 Å². The Morgan fingerprint density at radius 3 is 1.67 bits per heavy atom. The van der Waals surface area contributed by atoms with Gasteiger partial charge in [-0.25, -0.2) is 0 Å². The average molecular weight is 254 g/mol. The molecule has 0 amide bonds. The largest absolute Gasteiger partial charge is 0.303 e. The summed E-state index contributed by atoms with van der Waals surface area (Å²) in [5, 5.41) is 0. The zero-order chi connectivity index (χ0) is 13.5. The van der Waals surface area contributed by atoms with Gasteiger partial charge in [0.25, 0.3) is 0 Å². The van der Waals surface area contributed by atoms with Gasteiger partial charge in [0.05, 0.1) is 0 Å². The first-order valence-electron chi connectivity index (χ1n) is 8.28. The summed E-state index contributed by atoms with van der Waals surface area (Å²) in [7, 11) is 0. The molecule has 18 heavy (non-hydrogen) atoms. The molecule has 0 aromatic rings. The average Bonchev–Trinajstić information content (AvgIpc) is 2.38. The Morgan fingerprint density at radius 1 is 0.722 bits per heavy atom. The number of aldehydes is 1. The molecule has 0 aromatic carbocycles. The highest BCUT2D eigenvalue weighted by Crippen LogP contribution is 2.20. The van der Waals surface area contributed by atoms with Gasteiger partial charge in [-0.05, 0) is 5.92 Å². The zero-order valence-corrected chi connectivity index (χ0v) is 12.8. The van der Waals surface area contributed by atoms with Crippen molar-refractivity contribution in [2.24, 2.45) is 5.92 Å². The fraction of sp³-hybridized carbons (Fsp3) is 0.941. The lowest BCUT2D eigenvalue weighted by Gasteiger charge is -2.13. The van der Waals surface area contributed by atoms with E-state index < -0.39 is 0 Å². The zero-order valence-electron chi connectivity index (χ0n) is 12.8. The highest BCUT2D eigenvalue weighted by atomic mass is 16.1. The molecule has 0 spiro atoms. The van der Waals surface area contributed by atoms with Gasteiger partial charge in [-0.1, -0.05) is 90.9 Å². The summed E-state index contributed by atoms with van der Waals surface area (Å²) in [6.07, 6.45) is 18.0. The molecule has 0 aliphatic rings. The molecule has 0 saturated heterocycles. The minimum Gasteiger partial charge on any atom is -0.303 e. The lowest BCUT2D eigenvalue weighted by molar-refractivity contribution is -0.108. The molecule has 1 atom stereocenters. The Bertz CT molecular complexity index is 165. The predicted octanol–water partition coefficient (Wildman–Crippen LogP) is 5.91. The highest BCUT2D eigenvalue weighted by Gasteiger charge is 2.07. The van der Waals surface area contributed by atoms with E-state index in [1.807, 2.05) is 0 Å². The molecular weight excluding hydrogens is 220 g/mol. The van der Waals surface area contributed by atoms with E-state index in [9.17, 15) is 4.79 Å². The standard InChI is InChI=1S/C17H34O/c1-3-5-7-9-10-12-14-17(15-16-18)13-11-8-6-4-2/h16-17H,3-15H2,1-2H3. The second kappa shape index (κ2) is 14.7. The van der Waals surface area contributed by atoms with Gasteiger partial charge < -0.3 is 4.79 Å². The molecule has 0 heterocycles. The molecule has 0 aromatic heterocycles. The summed E-state index contributed by atoms with van der Waals surface area (Å²) in [5.41, 5.74) is 0. The Morgan fingerprint density at radius 2 is 1.17 bits per heavy atom. The Kier molecular flexibility index (Phi) is 14.5. The van der Waals surface area contributed by atoms with E-state index in [1.54, 1.807) is 0 Å². The molecule has 108 valence electrons. The molecule has 1 heteroatoms. The number of carbonyl (C=O) groups is 1. The van der Waals surface area contributed by atoms with Crippen LogP contribution in [0.5, 0.6) is 0 Å². The minimum absolute atomic E-state index is 0.672. The van der Waals surface area contributed by atoms with Gasteiger partial charge in [0.2, 0.25) is 0 Å². The first kappa shape index (κ1) is 17.7. The molecule has 1 unspecified atom stereocenters. The number of hydrogen-bond acceptors (Lipinski definition) is 1. The van der Waals surface area contributed by atoms with E-state index in [0.717, 1.165) is 12.7 Å². The molecule has 1 nitrogen and oxygen atoms in total. The predicted molar refractivity (Wildman–Crippen MR) is 80.9 cm³/mol.